The van der Waals surface area contributed by atoms with Crippen molar-refractivity contribution in [2.24, 2.45) is 0 Å². The van der Waals surface area contributed by atoms with E-state index in [2.05, 4.69) is 12.2 Å². The number of fused-ring (bicyclic) bond motifs is 1. The number of likely N-dealkylation sites (N-methyl/N-ethyl adjacent to an activating group) is 1. The minimum absolute atomic E-state index is 0.0505. The first kappa shape index (κ1) is 18.0. The zero-order chi connectivity index (χ0) is 17.0. The fraction of sp³-hybridized carbons (Fsp3) is 0.588. The smallest absolute Gasteiger partial charge is 0.275 e. The molecule has 0 radical (unpaired) electrons. The van der Waals surface area contributed by atoms with E-state index in [1.807, 2.05) is 32.9 Å². The molecular formula is C17H26ClN2O3+. The summed E-state index contributed by atoms with van der Waals surface area (Å²) in [6.07, 6.45) is 0. The molecule has 23 heavy (non-hydrogen) atoms. The molecule has 0 saturated heterocycles. The molecule has 0 bridgehead atoms. The van der Waals surface area contributed by atoms with Gasteiger partial charge in [-0.2, -0.15) is 0 Å². The van der Waals surface area contributed by atoms with Crippen molar-refractivity contribution in [3.8, 4) is 5.75 Å². The minimum atomic E-state index is -0.217. The summed E-state index contributed by atoms with van der Waals surface area (Å²) in [5.74, 6) is 0.900. The fourth-order valence-electron chi connectivity index (χ4n) is 2.66. The van der Waals surface area contributed by atoms with E-state index in [4.69, 9.17) is 21.1 Å². The zero-order valence-electron chi connectivity index (χ0n) is 14.3. The Morgan fingerprint density at radius 3 is 2.78 bits per heavy atom. The molecule has 1 amide bonds. The van der Waals surface area contributed by atoms with Gasteiger partial charge in [-0.3, -0.25) is 4.79 Å². The molecule has 1 aliphatic heterocycles. The second-order valence-corrected chi connectivity index (χ2v) is 7.36. The van der Waals surface area contributed by atoms with Crippen molar-refractivity contribution in [1.29, 1.82) is 0 Å². The lowest BCUT2D eigenvalue weighted by atomic mass is 10.1. The van der Waals surface area contributed by atoms with Crippen LogP contribution in [0.4, 0.5) is 0 Å². The molecule has 0 fully saturated rings. The quantitative estimate of drug-likeness (QED) is 0.854. The summed E-state index contributed by atoms with van der Waals surface area (Å²) in [4.78, 5) is 13.3. The first-order valence-electron chi connectivity index (χ1n) is 7.95. The molecule has 1 aromatic rings. The molecule has 5 nitrogen and oxygen atoms in total. The van der Waals surface area contributed by atoms with Gasteiger partial charge in [0.05, 0.1) is 18.7 Å². The molecule has 128 valence electrons. The Morgan fingerprint density at radius 1 is 1.39 bits per heavy atom. The number of nitrogens with one attached hydrogen (secondary N) is 2. The van der Waals surface area contributed by atoms with E-state index in [-0.39, 0.29) is 18.2 Å². The average Bonchev–Trinajstić information content (AvgIpc) is 2.44. The Bertz CT molecular complexity index is 570. The molecule has 0 spiro atoms. The van der Waals surface area contributed by atoms with Crippen LogP contribution < -0.4 is 15.0 Å². The lowest BCUT2D eigenvalue weighted by Crippen LogP contribution is -3.11. The molecular weight excluding hydrogens is 316 g/mol. The number of benzene rings is 1. The normalized spacial score (nSPS) is 15.5. The second kappa shape index (κ2) is 7.51. The van der Waals surface area contributed by atoms with Crippen molar-refractivity contribution in [3.05, 3.63) is 28.3 Å². The van der Waals surface area contributed by atoms with Crippen LogP contribution in [0.1, 0.15) is 38.8 Å². The van der Waals surface area contributed by atoms with Crippen LogP contribution in [0, 0.1) is 0 Å². The molecule has 6 heteroatoms. The maximum Gasteiger partial charge on any atom is 0.275 e. The lowest BCUT2D eigenvalue weighted by Gasteiger charge is -2.25. The molecule has 0 aliphatic carbocycles. The summed E-state index contributed by atoms with van der Waals surface area (Å²) in [5.41, 5.74) is 1.77. The number of hydrogen-bond acceptors (Lipinski definition) is 3. The van der Waals surface area contributed by atoms with Gasteiger partial charge >= 0.3 is 0 Å². The molecule has 0 aromatic heterocycles. The molecule has 1 heterocycles. The molecule has 1 aromatic carbocycles. The molecule has 2 rings (SSSR count). The number of amides is 1. The number of rotatable bonds is 5. The third-order valence-electron chi connectivity index (χ3n) is 3.62. The highest BCUT2D eigenvalue weighted by atomic mass is 35.5. The van der Waals surface area contributed by atoms with E-state index < -0.39 is 0 Å². The van der Waals surface area contributed by atoms with E-state index in [0.717, 1.165) is 28.3 Å². The first-order chi connectivity index (χ1) is 10.8. The van der Waals surface area contributed by atoms with Crippen LogP contribution in [0.25, 0.3) is 0 Å². The molecule has 2 N–H and O–H groups in total. The predicted molar refractivity (Wildman–Crippen MR) is 89.7 cm³/mol. The van der Waals surface area contributed by atoms with E-state index in [0.29, 0.717) is 24.7 Å². The van der Waals surface area contributed by atoms with Gasteiger partial charge in [0.2, 0.25) is 0 Å². The molecule has 0 saturated carbocycles. The van der Waals surface area contributed by atoms with Crippen molar-refractivity contribution in [2.75, 3.05) is 19.9 Å². The zero-order valence-corrected chi connectivity index (χ0v) is 15.0. The number of carbonyl (C=O) groups is 1. The highest BCUT2D eigenvalue weighted by Crippen LogP contribution is 2.31. The first-order valence-corrected chi connectivity index (χ1v) is 8.32. The van der Waals surface area contributed by atoms with E-state index in [1.165, 1.54) is 0 Å². The van der Waals surface area contributed by atoms with Crippen LogP contribution in [-0.4, -0.2) is 31.3 Å². The molecule has 1 atom stereocenters. The maximum atomic E-state index is 12.2. The summed E-state index contributed by atoms with van der Waals surface area (Å²) in [5, 5.41) is 3.68. The van der Waals surface area contributed by atoms with Crippen LogP contribution in [0.3, 0.4) is 0 Å². The fourth-order valence-corrected chi connectivity index (χ4v) is 2.92. The molecule has 1 aliphatic rings. The summed E-state index contributed by atoms with van der Waals surface area (Å²) in [6.45, 7) is 10.7. The van der Waals surface area contributed by atoms with Crippen molar-refractivity contribution in [1.82, 2.24) is 5.32 Å². The van der Waals surface area contributed by atoms with Crippen LogP contribution >= 0.6 is 11.6 Å². The average molecular weight is 342 g/mol. The Balaban J connectivity index is 2.10. The van der Waals surface area contributed by atoms with Gasteiger partial charge in [0.1, 0.15) is 12.3 Å². The SMILES string of the molecule is CC[NH+](CC(=O)NC(C)(C)C)Cc1cc(Cl)cc2c1OCOC2. The number of halogens is 1. The third kappa shape index (κ3) is 5.37. The van der Waals surface area contributed by atoms with Gasteiger partial charge in [-0.1, -0.05) is 11.6 Å². The van der Waals surface area contributed by atoms with Crippen molar-refractivity contribution >= 4 is 17.5 Å². The summed E-state index contributed by atoms with van der Waals surface area (Å²) >= 11 is 6.20. The number of hydrogen-bond donors (Lipinski definition) is 2. The lowest BCUT2D eigenvalue weighted by molar-refractivity contribution is -0.904. The monoisotopic (exact) mass is 341 g/mol. The maximum absolute atomic E-state index is 12.2. The van der Waals surface area contributed by atoms with Gasteiger partial charge < -0.3 is 19.7 Å². The van der Waals surface area contributed by atoms with Crippen LogP contribution in [0.15, 0.2) is 12.1 Å². The van der Waals surface area contributed by atoms with E-state index in [9.17, 15) is 4.79 Å². The Labute approximate surface area is 142 Å². The van der Waals surface area contributed by atoms with Crippen LogP contribution in [0.2, 0.25) is 5.02 Å². The Hall–Kier alpha value is -1.30. The van der Waals surface area contributed by atoms with E-state index in [1.54, 1.807) is 0 Å². The minimum Gasteiger partial charge on any atom is -0.467 e. The summed E-state index contributed by atoms with van der Waals surface area (Å²) in [6, 6.07) is 3.79. The van der Waals surface area contributed by atoms with Gasteiger partial charge in [-0.25, -0.2) is 0 Å². The van der Waals surface area contributed by atoms with Gasteiger partial charge in [0, 0.05) is 16.1 Å². The Morgan fingerprint density at radius 2 is 2.13 bits per heavy atom. The standard InChI is InChI=1S/C17H25ClN2O3/c1-5-20(9-15(21)19-17(2,3)4)8-12-6-14(18)7-13-10-22-11-23-16(12)13/h6-7H,5,8-11H2,1-4H3,(H,19,21)/p+1. The van der Waals surface area contributed by atoms with Crippen LogP contribution in [0.5, 0.6) is 5.75 Å². The number of carbonyl (C=O) groups excluding carboxylic acids is 1. The van der Waals surface area contributed by atoms with Gasteiger partial charge in [-0.05, 0) is 39.8 Å². The van der Waals surface area contributed by atoms with Gasteiger partial charge in [0.25, 0.3) is 5.91 Å². The number of ether oxygens (including phenoxy) is 2. The van der Waals surface area contributed by atoms with Crippen molar-refractivity contribution in [2.45, 2.75) is 46.4 Å². The summed E-state index contributed by atoms with van der Waals surface area (Å²) < 4.78 is 11.0. The third-order valence-corrected chi connectivity index (χ3v) is 3.84. The second-order valence-electron chi connectivity index (χ2n) is 6.92. The number of quaternary nitrogens is 1. The highest BCUT2D eigenvalue weighted by Gasteiger charge is 2.22. The highest BCUT2D eigenvalue weighted by molar-refractivity contribution is 6.30. The van der Waals surface area contributed by atoms with Crippen LogP contribution in [-0.2, 0) is 22.7 Å². The van der Waals surface area contributed by atoms with Gasteiger partial charge in [-0.15, -0.1) is 0 Å². The predicted octanol–water partition coefficient (Wildman–Crippen LogP) is 1.53. The van der Waals surface area contributed by atoms with Crippen molar-refractivity contribution in [3.63, 3.8) is 0 Å². The topological polar surface area (TPSA) is 52.0 Å². The summed E-state index contributed by atoms with van der Waals surface area (Å²) in [7, 11) is 0. The van der Waals surface area contributed by atoms with Gasteiger partial charge in [0.15, 0.2) is 13.3 Å². The Kier molecular flexibility index (Phi) is 5.89. The molecule has 1 unspecified atom stereocenters. The van der Waals surface area contributed by atoms with E-state index >= 15 is 0 Å². The largest absolute Gasteiger partial charge is 0.467 e. The van der Waals surface area contributed by atoms with Crippen molar-refractivity contribution < 1.29 is 19.2 Å².